The Morgan fingerprint density at radius 2 is 1.95 bits per heavy atom. The Labute approximate surface area is 132 Å². The van der Waals surface area contributed by atoms with E-state index >= 15 is 0 Å². The van der Waals surface area contributed by atoms with E-state index in [-0.39, 0.29) is 21.9 Å². The van der Waals surface area contributed by atoms with E-state index in [1.54, 1.807) is 12.1 Å². The number of benzene rings is 1. The zero-order valence-corrected chi connectivity index (χ0v) is 14.2. The Kier molecular flexibility index (Phi) is 4.96. The van der Waals surface area contributed by atoms with Crippen molar-refractivity contribution in [1.82, 2.24) is 10.2 Å². The van der Waals surface area contributed by atoms with Crippen molar-refractivity contribution >= 4 is 11.6 Å². The van der Waals surface area contributed by atoms with Gasteiger partial charge in [-0.25, -0.2) is 4.39 Å². The van der Waals surface area contributed by atoms with E-state index in [1.165, 1.54) is 0 Å². The molecule has 0 bridgehead atoms. The van der Waals surface area contributed by atoms with Crippen LogP contribution in [0.2, 0.25) is 5.02 Å². The van der Waals surface area contributed by atoms with Crippen LogP contribution in [0.15, 0.2) is 18.2 Å². The summed E-state index contributed by atoms with van der Waals surface area (Å²) in [6.45, 7) is 11.6. The molecule has 2 rings (SSSR count). The first-order chi connectivity index (χ1) is 9.82. The maximum absolute atomic E-state index is 13.7. The van der Waals surface area contributed by atoms with Crippen molar-refractivity contribution in [2.45, 2.75) is 58.2 Å². The molecule has 0 saturated carbocycles. The van der Waals surface area contributed by atoms with Crippen LogP contribution in [0, 0.1) is 5.82 Å². The Balaban J connectivity index is 2.25. The van der Waals surface area contributed by atoms with Gasteiger partial charge in [-0.1, -0.05) is 31.5 Å². The lowest BCUT2D eigenvalue weighted by Crippen LogP contribution is -2.67. The van der Waals surface area contributed by atoms with Crippen molar-refractivity contribution in [3.05, 3.63) is 34.6 Å². The maximum Gasteiger partial charge on any atom is 0.142 e. The Morgan fingerprint density at radius 3 is 2.52 bits per heavy atom. The summed E-state index contributed by atoms with van der Waals surface area (Å²) in [6.07, 6.45) is 2.17. The van der Waals surface area contributed by atoms with Crippen molar-refractivity contribution in [3.8, 4) is 0 Å². The lowest BCUT2D eigenvalue weighted by Gasteiger charge is -2.52. The van der Waals surface area contributed by atoms with Crippen molar-refractivity contribution in [2.75, 3.05) is 13.1 Å². The number of hydrogen-bond acceptors (Lipinski definition) is 2. The minimum atomic E-state index is -0.331. The zero-order valence-electron chi connectivity index (χ0n) is 13.5. The number of halogens is 2. The lowest BCUT2D eigenvalue weighted by atomic mass is 9.84. The Hall–Kier alpha value is -0.640. The van der Waals surface area contributed by atoms with E-state index in [0.717, 1.165) is 38.0 Å². The third-order valence-electron chi connectivity index (χ3n) is 4.83. The average Bonchev–Trinajstić information content (AvgIpc) is 2.43. The van der Waals surface area contributed by atoms with Gasteiger partial charge in [0.2, 0.25) is 0 Å². The van der Waals surface area contributed by atoms with Gasteiger partial charge in [0, 0.05) is 30.7 Å². The third kappa shape index (κ3) is 3.58. The van der Waals surface area contributed by atoms with E-state index in [1.807, 2.05) is 6.07 Å². The summed E-state index contributed by atoms with van der Waals surface area (Å²) in [5.74, 6) is -0.331. The summed E-state index contributed by atoms with van der Waals surface area (Å²) in [5, 5.41) is 3.84. The van der Waals surface area contributed by atoms with Crippen molar-refractivity contribution in [3.63, 3.8) is 0 Å². The van der Waals surface area contributed by atoms with Crippen LogP contribution in [-0.4, -0.2) is 29.1 Å². The molecule has 0 amide bonds. The van der Waals surface area contributed by atoms with Crippen LogP contribution in [0.25, 0.3) is 0 Å². The first-order valence-electron chi connectivity index (χ1n) is 7.76. The van der Waals surface area contributed by atoms with E-state index in [2.05, 4.69) is 37.9 Å². The summed E-state index contributed by atoms with van der Waals surface area (Å²) in [5.41, 5.74) is 1.21. The second-order valence-corrected chi connectivity index (χ2v) is 7.18. The number of nitrogens with one attached hydrogen (secondary N) is 1. The molecule has 1 fully saturated rings. The molecule has 2 nitrogen and oxygen atoms in total. The molecule has 1 N–H and O–H groups in total. The fourth-order valence-corrected chi connectivity index (χ4v) is 3.36. The summed E-state index contributed by atoms with van der Waals surface area (Å²) in [7, 11) is 0. The quantitative estimate of drug-likeness (QED) is 0.895. The monoisotopic (exact) mass is 312 g/mol. The molecule has 1 aromatic carbocycles. The summed E-state index contributed by atoms with van der Waals surface area (Å²) in [6, 6.07) is 5.14. The number of nitrogens with zero attached hydrogens (tertiary/aromatic N) is 1. The van der Waals surface area contributed by atoms with Gasteiger partial charge in [0.1, 0.15) is 5.82 Å². The van der Waals surface area contributed by atoms with Crippen molar-refractivity contribution < 1.29 is 4.39 Å². The SMILES string of the molecule is CCC1(CC)CNC(C)(C)CN1Cc1ccc(Cl)c(F)c1. The largest absolute Gasteiger partial charge is 0.309 e. The van der Waals surface area contributed by atoms with Gasteiger partial charge in [0.15, 0.2) is 0 Å². The summed E-state index contributed by atoms with van der Waals surface area (Å²) >= 11 is 5.78. The van der Waals surface area contributed by atoms with Gasteiger partial charge in [0.25, 0.3) is 0 Å². The predicted molar refractivity (Wildman–Crippen MR) is 87.2 cm³/mol. The van der Waals surface area contributed by atoms with Gasteiger partial charge >= 0.3 is 0 Å². The van der Waals surface area contributed by atoms with Crippen molar-refractivity contribution in [1.29, 1.82) is 0 Å². The van der Waals surface area contributed by atoms with Crippen LogP contribution in [-0.2, 0) is 6.54 Å². The van der Waals surface area contributed by atoms with Crippen LogP contribution in [0.3, 0.4) is 0 Å². The molecule has 0 spiro atoms. The molecule has 1 aromatic rings. The number of hydrogen-bond donors (Lipinski definition) is 1. The highest BCUT2D eigenvalue weighted by Gasteiger charge is 2.41. The second-order valence-electron chi connectivity index (χ2n) is 6.77. The molecule has 0 aromatic heterocycles. The van der Waals surface area contributed by atoms with E-state index in [0.29, 0.717) is 0 Å². The molecular weight excluding hydrogens is 287 g/mol. The maximum atomic E-state index is 13.7. The molecule has 4 heteroatoms. The van der Waals surface area contributed by atoms with Gasteiger partial charge in [-0.15, -0.1) is 0 Å². The molecule has 118 valence electrons. The summed E-state index contributed by atoms with van der Waals surface area (Å²) < 4.78 is 13.7. The fraction of sp³-hybridized carbons (Fsp3) is 0.647. The lowest BCUT2D eigenvalue weighted by molar-refractivity contribution is 0.00228. The molecule has 0 aliphatic carbocycles. The second kappa shape index (κ2) is 6.23. The van der Waals surface area contributed by atoms with E-state index in [9.17, 15) is 4.39 Å². The van der Waals surface area contributed by atoms with Gasteiger partial charge in [0.05, 0.1) is 5.02 Å². The molecule has 1 saturated heterocycles. The van der Waals surface area contributed by atoms with Crippen molar-refractivity contribution in [2.24, 2.45) is 0 Å². The van der Waals surface area contributed by atoms with Gasteiger partial charge in [-0.2, -0.15) is 0 Å². The molecule has 21 heavy (non-hydrogen) atoms. The molecule has 1 aliphatic rings. The number of rotatable bonds is 4. The van der Waals surface area contributed by atoms with E-state index in [4.69, 9.17) is 11.6 Å². The highest BCUT2D eigenvalue weighted by Crippen LogP contribution is 2.31. The van der Waals surface area contributed by atoms with Crippen LogP contribution in [0.5, 0.6) is 0 Å². The van der Waals surface area contributed by atoms with E-state index < -0.39 is 0 Å². The van der Waals surface area contributed by atoms with Crippen LogP contribution < -0.4 is 5.32 Å². The Bertz CT molecular complexity index is 498. The third-order valence-corrected chi connectivity index (χ3v) is 5.13. The van der Waals surface area contributed by atoms with Gasteiger partial charge in [-0.3, -0.25) is 4.90 Å². The van der Waals surface area contributed by atoms with Gasteiger partial charge in [-0.05, 0) is 44.4 Å². The van der Waals surface area contributed by atoms with Gasteiger partial charge < -0.3 is 5.32 Å². The van der Waals surface area contributed by atoms with Crippen LogP contribution >= 0.6 is 11.6 Å². The average molecular weight is 313 g/mol. The van der Waals surface area contributed by atoms with Crippen LogP contribution in [0.1, 0.15) is 46.1 Å². The topological polar surface area (TPSA) is 15.3 Å². The molecule has 0 unspecified atom stereocenters. The minimum absolute atomic E-state index is 0.0822. The predicted octanol–water partition coefficient (Wildman–Crippen LogP) is 4.22. The first kappa shape index (κ1) is 16.7. The smallest absolute Gasteiger partial charge is 0.142 e. The molecular formula is C17H26ClFN2. The standard InChI is InChI=1S/C17H26ClFN2/c1-5-17(6-2)11-20-16(3,4)12-21(17)10-13-7-8-14(18)15(19)9-13/h7-9,20H,5-6,10-12H2,1-4H3. The number of piperazine rings is 1. The Morgan fingerprint density at radius 1 is 1.29 bits per heavy atom. The highest BCUT2D eigenvalue weighted by molar-refractivity contribution is 6.30. The fourth-order valence-electron chi connectivity index (χ4n) is 3.25. The molecule has 0 radical (unpaired) electrons. The summed E-state index contributed by atoms with van der Waals surface area (Å²) in [4.78, 5) is 2.51. The molecule has 1 heterocycles. The first-order valence-corrected chi connectivity index (χ1v) is 8.14. The van der Waals surface area contributed by atoms with Crippen LogP contribution in [0.4, 0.5) is 4.39 Å². The molecule has 1 aliphatic heterocycles. The molecule has 0 atom stereocenters. The zero-order chi connectivity index (χ0) is 15.7. The normalized spacial score (nSPS) is 21.4. The highest BCUT2D eigenvalue weighted by atomic mass is 35.5. The minimum Gasteiger partial charge on any atom is -0.309 e.